The van der Waals surface area contributed by atoms with Crippen LogP contribution < -0.4 is 10.4 Å². The maximum Gasteiger partial charge on any atom is 0.163 e. The molecule has 1 heteroatoms. The van der Waals surface area contributed by atoms with Crippen LogP contribution in [0.2, 0.25) is 0 Å². The van der Waals surface area contributed by atoms with Crippen LogP contribution in [0.25, 0.3) is 0 Å². The van der Waals surface area contributed by atoms with Gasteiger partial charge in [-0.2, -0.15) is 0 Å². The van der Waals surface area contributed by atoms with Gasteiger partial charge in [0.2, 0.25) is 0 Å². The molecule has 0 saturated carbocycles. The number of hydrogen-bond acceptors (Lipinski definition) is 0. The van der Waals surface area contributed by atoms with E-state index in [1.54, 1.807) is 0 Å². The predicted octanol–water partition coefficient (Wildman–Crippen LogP) is 1.90. The minimum Gasteiger partial charge on any atom is -0.0891 e. The summed E-state index contributed by atoms with van der Waals surface area (Å²) in [5.74, 6) is 0. The lowest BCUT2D eigenvalue weighted by molar-refractivity contribution is 1.73. The van der Waals surface area contributed by atoms with E-state index < -0.39 is 8.07 Å². The highest BCUT2D eigenvalue weighted by Gasteiger charge is 2.40. The van der Waals surface area contributed by atoms with Crippen molar-refractivity contribution in [2.24, 2.45) is 0 Å². The Morgan fingerprint density at radius 2 is 0.933 bits per heavy atom. The summed E-state index contributed by atoms with van der Waals surface area (Å²) in [5.41, 5.74) is 4.80. The second-order valence-corrected chi connectivity index (χ2v) is 7.49. The zero-order valence-corrected chi connectivity index (χ0v) is 9.43. The van der Waals surface area contributed by atoms with E-state index in [-0.39, 0.29) is 0 Å². The minimum absolute atomic E-state index is 1.46. The molecule has 1 aliphatic rings. The van der Waals surface area contributed by atoms with Crippen LogP contribution in [0.1, 0.15) is 0 Å². The van der Waals surface area contributed by atoms with Gasteiger partial charge in [-0.05, 0) is 10.4 Å². The van der Waals surface area contributed by atoms with Crippen molar-refractivity contribution in [2.45, 2.75) is 0 Å². The first-order chi connectivity index (χ1) is 7.42. The van der Waals surface area contributed by atoms with E-state index in [1.165, 1.54) is 10.4 Å². The number of rotatable bonds is 2. The molecule has 72 valence electrons. The van der Waals surface area contributed by atoms with E-state index in [2.05, 4.69) is 72.1 Å². The van der Waals surface area contributed by atoms with Crippen molar-refractivity contribution in [3.05, 3.63) is 72.1 Å². The smallest absolute Gasteiger partial charge is 0.0891 e. The van der Waals surface area contributed by atoms with E-state index in [0.29, 0.717) is 0 Å². The van der Waals surface area contributed by atoms with Gasteiger partial charge in [0.25, 0.3) is 0 Å². The molecule has 0 N–H and O–H groups in total. The Kier molecular flexibility index (Phi) is 1.86. The van der Waals surface area contributed by atoms with Gasteiger partial charge in [-0.25, -0.2) is 0 Å². The molecule has 15 heavy (non-hydrogen) atoms. The molecule has 2 aromatic rings. The van der Waals surface area contributed by atoms with Gasteiger partial charge in [0, 0.05) is 0 Å². The molecule has 1 heterocycles. The maximum atomic E-state index is 2.40. The topological polar surface area (TPSA) is 0 Å². The quantitative estimate of drug-likeness (QED) is 0.661. The molecular weight excluding hydrogens is 196 g/mol. The molecule has 0 radical (unpaired) electrons. The van der Waals surface area contributed by atoms with Crippen molar-refractivity contribution < 1.29 is 0 Å². The van der Waals surface area contributed by atoms with Crippen molar-refractivity contribution in [1.29, 1.82) is 0 Å². The van der Waals surface area contributed by atoms with Gasteiger partial charge in [0.15, 0.2) is 8.07 Å². The number of benzene rings is 2. The highest BCUT2D eigenvalue weighted by Crippen LogP contribution is 2.20. The average Bonchev–Trinajstić information content (AvgIpc) is 3.13. The summed E-state index contributed by atoms with van der Waals surface area (Å²) in [6, 6.07) is 21.7. The van der Waals surface area contributed by atoms with E-state index in [0.717, 1.165) is 0 Å². The summed E-state index contributed by atoms with van der Waals surface area (Å²) < 4.78 is 0. The third-order valence-corrected chi connectivity index (χ3v) is 6.58. The maximum absolute atomic E-state index is 2.40. The Hall–Kier alpha value is -1.60. The van der Waals surface area contributed by atoms with E-state index in [9.17, 15) is 0 Å². The Morgan fingerprint density at radius 3 is 1.27 bits per heavy atom. The molecule has 0 unspecified atom stereocenters. The molecule has 0 nitrogen and oxygen atoms in total. The zero-order valence-electron chi connectivity index (χ0n) is 8.43. The Labute approximate surface area is 90.9 Å². The first kappa shape index (κ1) is 8.68. The van der Waals surface area contributed by atoms with Crippen LogP contribution >= 0.6 is 0 Å². The summed E-state index contributed by atoms with van der Waals surface area (Å²) >= 11 is 0. The molecule has 0 saturated heterocycles. The Balaban J connectivity index is 2.06. The summed E-state index contributed by atoms with van der Waals surface area (Å²) in [5, 5.41) is 2.99. The van der Waals surface area contributed by atoms with Gasteiger partial charge in [0.1, 0.15) is 0 Å². The zero-order chi connectivity index (χ0) is 10.1. The van der Waals surface area contributed by atoms with Crippen molar-refractivity contribution in [2.75, 3.05) is 0 Å². The van der Waals surface area contributed by atoms with E-state index in [1.807, 2.05) is 0 Å². The summed E-state index contributed by atoms with van der Waals surface area (Å²) in [6.07, 6.45) is 0. The van der Waals surface area contributed by atoms with Gasteiger partial charge in [-0.15, -0.1) is 0 Å². The molecule has 2 aromatic carbocycles. The minimum atomic E-state index is -1.46. The normalized spacial score (nSPS) is 16.3. The van der Waals surface area contributed by atoms with Gasteiger partial charge < -0.3 is 0 Å². The SMILES string of the molecule is C1=C[Si]1(c1ccccc1)c1ccccc1. The highest BCUT2D eigenvalue weighted by atomic mass is 28.3. The van der Waals surface area contributed by atoms with Crippen molar-refractivity contribution in [1.82, 2.24) is 0 Å². The first-order valence-electron chi connectivity index (χ1n) is 5.23. The average molecular weight is 208 g/mol. The molecule has 0 amide bonds. The van der Waals surface area contributed by atoms with Crippen LogP contribution in [0.3, 0.4) is 0 Å². The third kappa shape index (κ3) is 1.36. The van der Waals surface area contributed by atoms with Gasteiger partial charge in [-0.3, -0.25) is 0 Å². The molecule has 0 aromatic heterocycles. The predicted molar refractivity (Wildman–Crippen MR) is 67.0 cm³/mol. The Bertz CT molecular complexity index is 438. The standard InChI is InChI=1S/C14H12Si/c1-3-7-13(8-4-1)15(11-12-15)14-9-5-2-6-10-14/h1-12H. The fourth-order valence-corrected chi connectivity index (χ4v) is 5.32. The van der Waals surface area contributed by atoms with Gasteiger partial charge >= 0.3 is 0 Å². The fourth-order valence-electron chi connectivity index (χ4n) is 2.06. The Morgan fingerprint density at radius 1 is 0.533 bits per heavy atom. The molecule has 0 atom stereocenters. The monoisotopic (exact) mass is 208 g/mol. The van der Waals surface area contributed by atoms with Crippen LogP contribution in [-0.4, -0.2) is 8.07 Å². The van der Waals surface area contributed by atoms with Crippen molar-refractivity contribution in [3.8, 4) is 0 Å². The summed E-state index contributed by atoms with van der Waals surface area (Å²) in [6.45, 7) is 0. The molecule has 3 rings (SSSR count). The van der Waals surface area contributed by atoms with E-state index >= 15 is 0 Å². The lowest BCUT2D eigenvalue weighted by atomic mass is 10.4. The lowest BCUT2D eigenvalue weighted by Crippen LogP contribution is -2.47. The molecule has 1 aliphatic heterocycles. The van der Waals surface area contributed by atoms with Crippen molar-refractivity contribution in [3.63, 3.8) is 0 Å². The van der Waals surface area contributed by atoms with E-state index in [4.69, 9.17) is 0 Å². The lowest BCUT2D eigenvalue weighted by Gasteiger charge is -2.14. The molecule has 0 spiro atoms. The first-order valence-corrected chi connectivity index (χ1v) is 7.39. The second-order valence-electron chi connectivity index (χ2n) is 3.93. The van der Waals surface area contributed by atoms with Crippen LogP contribution in [0.15, 0.2) is 72.1 Å². The van der Waals surface area contributed by atoms with Gasteiger partial charge in [-0.1, -0.05) is 72.1 Å². The highest BCUT2D eigenvalue weighted by molar-refractivity contribution is 7.16. The molecule has 0 fully saturated rings. The van der Waals surface area contributed by atoms with Crippen LogP contribution in [0.4, 0.5) is 0 Å². The number of hydrogen-bond donors (Lipinski definition) is 0. The van der Waals surface area contributed by atoms with Gasteiger partial charge in [0.05, 0.1) is 0 Å². The van der Waals surface area contributed by atoms with Crippen LogP contribution in [0, 0.1) is 0 Å². The van der Waals surface area contributed by atoms with Crippen LogP contribution in [0.5, 0.6) is 0 Å². The molecule has 0 aliphatic carbocycles. The largest absolute Gasteiger partial charge is 0.163 e. The molecular formula is C14H12Si. The van der Waals surface area contributed by atoms with Crippen molar-refractivity contribution >= 4 is 18.4 Å². The fraction of sp³-hybridized carbons (Fsp3) is 0. The second kappa shape index (κ2) is 3.21. The summed E-state index contributed by atoms with van der Waals surface area (Å²) in [4.78, 5) is 0. The van der Waals surface area contributed by atoms with Crippen LogP contribution in [-0.2, 0) is 0 Å². The third-order valence-electron chi connectivity index (χ3n) is 3.00. The summed E-state index contributed by atoms with van der Waals surface area (Å²) in [7, 11) is -1.46. The molecule has 0 bridgehead atoms.